The van der Waals surface area contributed by atoms with Crippen molar-refractivity contribution in [3.8, 4) is 0 Å². The van der Waals surface area contributed by atoms with E-state index in [0.717, 1.165) is 16.6 Å². The average molecular weight is 292 g/mol. The average Bonchev–Trinajstić information content (AvgIpc) is 3.11. The Labute approximate surface area is 125 Å². The van der Waals surface area contributed by atoms with Crippen molar-refractivity contribution < 1.29 is 9.53 Å². The minimum Gasteiger partial charge on any atom is -0.446 e. The van der Waals surface area contributed by atoms with Crippen molar-refractivity contribution in [3.63, 3.8) is 0 Å². The van der Waals surface area contributed by atoms with Crippen LogP contribution in [0.15, 0.2) is 59.6 Å². The van der Waals surface area contributed by atoms with E-state index in [2.05, 4.69) is 20.3 Å². The Balaban J connectivity index is 1.62. The van der Waals surface area contributed by atoms with Crippen molar-refractivity contribution in [3.05, 3.63) is 60.2 Å². The molecule has 2 heterocycles. The maximum absolute atomic E-state index is 12.0. The van der Waals surface area contributed by atoms with Crippen LogP contribution in [0.5, 0.6) is 0 Å². The monoisotopic (exact) mass is 292 g/mol. The number of nitrogens with one attached hydrogen (secondary N) is 2. The number of aromatic amines is 1. The number of rotatable bonds is 2. The first-order chi connectivity index (χ1) is 10.8. The number of fused-ring (bicyclic) bond motifs is 1. The zero-order chi connectivity index (χ0) is 14.9. The maximum atomic E-state index is 12.0. The van der Waals surface area contributed by atoms with E-state index < -0.39 is 6.10 Å². The summed E-state index contributed by atoms with van der Waals surface area (Å²) < 4.78 is 5.59. The minimum atomic E-state index is -0.677. The first-order valence-corrected chi connectivity index (χ1v) is 6.85. The van der Waals surface area contributed by atoms with Crippen LogP contribution >= 0.6 is 0 Å². The molecule has 1 fully saturated rings. The van der Waals surface area contributed by atoms with Crippen LogP contribution in [-0.4, -0.2) is 21.9 Å². The lowest BCUT2D eigenvalue weighted by Crippen LogP contribution is -2.21. The molecule has 108 valence electrons. The Morgan fingerprint density at radius 3 is 2.64 bits per heavy atom. The molecule has 0 unspecified atom stereocenters. The summed E-state index contributed by atoms with van der Waals surface area (Å²) in [6.45, 7) is 0. The van der Waals surface area contributed by atoms with Crippen molar-refractivity contribution in [2.45, 2.75) is 6.10 Å². The van der Waals surface area contributed by atoms with Crippen molar-refractivity contribution in [1.82, 2.24) is 15.3 Å². The number of hydrogen-bond donors (Lipinski definition) is 2. The Morgan fingerprint density at radius 2 is 1.82 bits per heavy atom. The summed E-state index contributed by atoms with van der Waals surface area (Å²) in [6.07, 6.45) is -0.677. The lowest BCUT2D eigenvalue weighted by atomic mass is 10.1. The predicted octanol–water partition coefficient (Wildman–Crippen LogP) is 2.44. The summed E-state index contributed by atoms with van der Waals surface area (Å²) in [5.41, 5.74) is 2.48. The highest BCUT2D eigenvalue weighted by molar-refractivity contribution is 6.03. The fraction of sp³-hybridized carbons (Fsp3) is 0.0625. The molecule has 3 aromatic rings. The number of amidine groups is 1. The molecule has 1 saturated heterocycles. The van der Waals surface area contributed by atoms with E-state index in [1.807, 2.05) is 54.6 Å². The first kappa shape index (κ1) is 12.6. The molecule has 2 N–H and O–H groups in total. The van der Waals surface area contributed by atoms with Gasteiger partial charge < -0.3 is 9.72 Å². The number of aromatic nitrogens is 2. The van der Waals surface area contributed by atoms with Crippen molar-refractivity contribution in [2.24, 2.45) is 4.99 Å². The zero-order valence-corrected chi connectivity index (χ0v) is 11.5. The highest BCUT2D eigenvalue weighted by atomic mass is 16.5. The van der Waals surface area contributed by atoms with E-state index in [-0.39, 0.29) is 11.9 Å². The molecular formula is C16H12N4O2. The Bertz CT molecular complexity index is 837. The number of aliphatic imine (C=N–C) groups is 1. The second kappa shape index (κ2) is 5.00. The van der Waals surface area contributed by atoms with Gasteiger partial charge >= 0.3 is 6.02 Å². The van der Waals surface area contributed by atoms with Crippen LogP contribution in [0.3, 0.4) is 0 Å². The Kier molecular flexibility index (Phi) is 2.86. The molecule has 0 aliphatic carbocycles. The van der Waals surface area contributed by atoms with Crippen LogP contribution in [0, 0.1) is 0 Å². The molecule has 0 saturated carbocycles. The van der Waals surface area contributed by atoms with Crippen LogP contribution in [-0.2, 0) is 9.53 Å². The largest absolute Gasteiger partial charge is 0.446 e. The molecule has 4 rings (SSSR count). The molecule has 1 aliphatic rings. The molecule has 0 spiro atoms. The standard InChI is InChI=1S/C16H12N4O2/c21-14-13(10-6-2-1-3-7-10)22-16(19-14)20-15-17-11-8-4-5-9-12(11)18-15/h1-9,13H,(H2,17,18,19,20,21)/t13-/m1/s1. The molecule has 6 heteroatoms. The van der Waals surface area contributed by atoms with Gasteiger partial charge in [-0.25, -0.2) is 4.98 Å². The Hall–Kier alpha value is -3.15. The van der Waals surface area contributed by atoms with E-state index in [4.69, 9.17) is 4.74 Å². The maximum Gasteiger partial charge on any atom is 0.300 e. The van der Waals surface area contributed by atoms with Crippen molar-refractivity contribution in [2.75, 3.05) is 0 Å². The molecule has 0 bridgehead atoms. The fourth-order valence-corrected chi connectivity index (χ4v) is 2.36. The third kappa shape index (κ3) is 2.20. The Morgan fingerprint density at radius 1 is 1.05 bits per heavy atom. The quantitative estimate of drug-likeness (QED) is 0.761. The number of imidazole rings is 1. The number of ether oxygens (including phenoxy) is 1. The summed E-state index contributed by atoms with van der Waals surface area (Å²) in [5, 5.41) is 2.62. The van der Waals surface area contributed by atoms with Crippen molar-refractivity contribution in [1.29, 1.82) is 0 Å². The summed E-state index contributed by atoms with van der Waals surface area (Å²) in [5.74, 6) is 0.159. The number of nitrogens with zero attached hydrogens (tertiary/aromatic N) is 2. The number of H-pyrrole nitrogens is 1. The SMILES string of the molecule is O=C1NC(=Nc2nc3ccccc3[nH]2)O[C@@H]1c1ccccc1. The van der Waals surface area contributed by atoms with Gasteiger partial charge in [0.25, 0.3) is 5.91 Å². The second-order valence-corrected chi connectivity index (χ2v) is 4.89. The van der Waals surface area contributed by atoms with E-state index in [1.54, 1.807) is 0 Å². The first-order valence-electron chi connectivity index (χ1n) is 6.85. The van der Waals surface area contributed by atoms with Gasteiger partial charge in [0.1, 0.15) is 0 Å². The molecule has 1 amide bonds. The number of carbonyl (C=O) groups excluding carboxylic acids is 1. The highest BCUT2D eigenvalue weighted by Crippen LogP contribution is 2.23. The van der Waals surface area contributed by atoms with Gasteiger partial charge in [0, 0.05) is 5.56 Å². The molecule has 0 radical (unpaired) electrons. The van der Waals surface area contributed by atoms with Gasteiger partial charge in [0.2, 0.25) is 12.1 Å². The topological polar surface area (TPSA) is 79.4 Å². The third-order valence-corrected chi connectivity index (χ3v) is 3.38. The molecule has 22 heavy (non-hydrogen) atoms. The second-order valence-electron chi connectivity index (χ2n) is 4.89. The van der Waals surface area contributed by atoms with Gasteiger partial charge in [-0.3, -0.25) is 10.1 Å². The van der Waals surface area contributed by atoms with Crippen molar-refractivity contribution >= 4 is 28.9 Å². The summed E-state index contributed by atoms with van der Waals surface area (Å²) in [7, 11) is 0. The third-order valence-electron chi connectivity index (χ3n) is 3.38. The smallest absolute Gasteiger partial charge is 0.300 e. The van der Waals surface area contributed by atoms with E-state index in [9.17, 15) is 4.79 Å². The summed E-state index contributed by atoms with van der Waals surface area (Å²) in [4.78, 5) is 23.6. The molecule has 6 nitrogen and oxygen atoms in total. The summed E-state index contributed by atoms with van der Waals surface area (Å²) >= 11 is 0. The van der Waals surface area contributed by atoms with Gasteiger partial charge in [-0.2, -0.15) is 4.99 Å². The van der Waals surface area contributed by atoms with Crippen LogP contribution in [0.1, 0.15) is 11.7 Å². The molecule has 2 aromatic carbocycles. The molecular weight excluding hydrogens is 280 g/mol. The van der Waals surface area contributed by atoms with Gasteiger partial charge in [-0.05, 0) is 12.1 Å². The molecule has 1 aliphatic heterocycles. The summed E-state index contributed by atoms with van der Waals surface area (Å²) in [6, 6.07) is 17.1. The number of carbonyl (C=O) groups is 1. The zero-order valence-electron chi connectivity index (χ0n) is 11.5. The van der Waals surface area contributed by atoms with E-state index >= 15 is 0 Å². The minimum absolute atomic E-state index is 0.151. The van der Waals surface area contributed by atoms with Crippen LogP contribution in [0.4, 0.5) is 5.95 Å². The van der Waals surface area contributed by atoms with E-state index in [0.29, 0.717) is 5.95 Å². The number of hydrogen-bond acceptors (Lipinski definition) is 4. The number of amides is 1. The molecule has 1 atom stereocenters. The molecule has 1 aromatic heterocycles. The predicted molar refractivity (Wildman–Crippen MR) is 81.6 cm³/mol. The lowest BCUT2D eigenvalue weighted by molar-refractivity contribution is -0.123. The van der Waals surface area contributed by atoms with Crippen LogP contribution in [0.2, 0.25) is 0 Å². The number of benzene rings is 2. The lowest BCUT2D eigenvalue weighted by Gasteiger charge is -2.05. The fourth-order valence-electron chi connectivity index (χ4n) is 2.36. The van der Waals surface area contributed by atoms with E-state index in [1.165, 1.54) is 0 Å². The van der Waals surface area contributed by atoms with Crippen LogP contribution < -0.4 is 5.32 Å². The van der Waals surface area contributed by atoms with Gasteiger partial charge in [0.05, 0.1) is 11.0 Å². The number of para-hydroxylation sites is 2. The highest BCUT2D eigenvalue weighted by Gasteiger charge is 2.32. The van der Waals surface area contributed by atoms with Gasteiger partial charge in [0.15, 0.2) is 0 Å². The van der Waals surface area contributed by atoms with Crippen LogP contribution in [0.25, 0.3) is 11.0 Å². The van der Waals surface area contributed by atoms with Gasteiger partial charge in [-0.1, -0.05) is 42.5 Å². The van der Waals surface area contributed by atoms with Gasteiger partial charge in [-0.15, -0.1) is 0 Å². The normalized spacial score (nSPS) is 19.4.